The summed E-state index contributed by atoms with van der Waals surface area (Å²) in [5.74, 6) is 1.66. The van der Waals surface area contributed by atoms with Gasteiger partial charge in [0.2, 0.25) is 5.91 Å². The number of thioether (sulfide) groups is 1. The van der Waals surface area contributed by atoms with E-state index in [1.807, 2.05) is 52.8 Å². The Morgan fingerprint density at radius 3 is 2.39 bits per heavy atom. The number of benzene rings is 2. The minimum Gasteiger partial charge on any atom is -0.497 e. The summed E-state index contributed by atoms with van der Waals surface area (Å²) in [5, 5.41) is 3.90. The number of ether oxygens (including phenoxy) is 1. The summed E-state index contributed by atoms with van der Waals surface area (Å²) in [5.41, 5.74) is 4.34. The molecule has 0 saturated heterocycles. The molecule has 170 valence electrons. The lowest BCUT2D eigenvalue weighted by Crippen LogP contribution is -2.32. The van der Waals surface area contributed by atoms with Gasteiger partial charge in [0.25, 0.3) is 0 Å². The third kappa shape index (κ3) is 5.28. The summed E-state index contributed by atoms with van der Waals surface area (Å²) >= 11 is 1.41. The maximum atomic E-state index is 13.0. The van der Waals surface area contributed by atoms with Crippen LogP contribution >= 0.6 is 11.8 Å². The molecule has 0 aliphatic rings. The van der Waals surface area contributed by atoms with Crippen molar-refractivity contribution < 1.29 is 9.53 Å². The number of imidazole rings is 2. The van der Waals surface area contributed by atoms with Crippen LogP contribution in [0, 0.1) is 13.8 Å². The molecule has 33 heavy (non-hydrogen) atoms. The molecule has 2 heterocycles. The average Bonchev–Trinajstić information content (AvgIpc) is 3.44. The van der Waals surface area contributed by atoms with Crippen LogP contribution < -0.4 is 10.1 Å². The van der Waals surface area contributed by atoms with Crippen LogP contribution in [-0.4, -0.2) is 37.9 Å². The molecule has 1 amide bonds. The number of carbonyl (C=O) groups is 1. The van der Waals surface area contributed by atoms with Crippen LogP contribution in [0.25, 0.3) is 5.69 Å². The number of nitrogens with one attached hydrogen (secondary N) is 1. The smallest absolute Gasteiger partial charge is 0.231 e. The van der Waals surface area contributed by atoms with Gasteiger partial charge in [-0.05, 0) is 54.8 Å². The Labute approximate surface area is 197 Å². The molecular formula is C25H27N5O2S. The monoisotopic (exact) mass is 461 g/mol. The summed E-state index contributed by atoms with van der Waals surface area (Å²) < 4.78 is 9.19. The SMILES string of the molecule is COc1ccc(C(NC(=O)CSc2nccn2-c2cc(C)cc(C)c2)c2nccn2C)cc1. The van der Waals surface area contributed by atoms with E-state index in [-0.39, 0.29) is 17.7 Å². The Bertz CT molecular complexity index is 1230. The Kier molecular flexibility index (Phi) is 6.84. The largest absolute Gasteiger partial charge is 0.497 e. The van der Waals surface area contributed by atoms with Gasteiger partial charge >= 0.3 is 0 Å². The highest BCUT2D eigenvalue weighted by Crippen LogP contribution is 2.25. The van der Waals surface area contributed by atoms with Crippen molar-refractivity contribution in [1.29, 1.82) is 0 Å². The van der Waals surface area contributed by atoms with E-state index in [4.69, 9.17) is 4.74 Å². The maximum absolute atomic E-state index is 13.0. The fraction of sp³-hybridized carbons (Fsp3) is 0.240. The van der Waals surface area contributed by atoms with Gasteiger partial charge in [0.1, 0.15) is 17.6 Å². The van der Waals surface area contributed by atoms with Crippen LogP contribution in [0.1, 0.15) is 28.6 Å². The molecule has 1 unspecified atom stereocenters. The number of aryl methyl sites for hydroxylation is 3. The van der Waals surface area contributed by atoms with E-state index in [1.165, 1.54) is 22.9 Å². The standard InChI is InChI=1S/C25H27N5O2S/c1-17-13-18(2)15-20(14-17)30-12-10-27-25(30)33-16-22(31)28-23(24-26-9-11-29(24)3)19-5-7-21(32-4)8-6-19/h5-15,23H,16H2,1-4H3,(H,28,31). The molecule has 0 bridgehead atoms. The summed E-state index contributed by atoms with van der Waals surface area (Å²) in [6, 6.07) is 13.6. The number of nitrogens with zero attached hydrogens (tertiary/aromatic N) is 4. The van der Waals surface area contributed by atoms with E-state index in [1.54, 1.807) is 19.5 Å². The third-order valence-corrected chi connectivity index (χ3v) is 6.26. The summed E-state index contributed by atoms with van der Waals surface area (Å²) in [7, 11) is 3.55. The highest BCUT2D eigenvalue weighted by atomic mass is 32.2. The highest BCUT2D eigenvalue weighted by Gasteiger charge is 2.21. The Balaban J connectivity index is 1.50. The van der Waals surface area contributed by atoms with Crippen LogP contribution in [0.5, 0.6) is 5.75 Å². The lowest BCUT2D eigenvalue weighted by molar-refractivity contribution is -0.119. The van der Waals surface area contributed by atoms with Crippen LogP contribution in [0.3, 0.4) is 0 Å². The molecule has 0 spiro atoms. The fourth-order valence-corrected chi connectivity index (χ4v) is 4.55. The molecule has 1 atom stereocenters. The number of rotatable bonds is 8. The number of amides is 1. The third-order valence-electron chi connectivity index (χ3n) is 5.29. The first kappa shape index (κ1) is 22.7. The molecule has 2 aromatic carbocycles. The lowest BCUT2D eigenvalue weighted by Gasteiger charge is -2.19. The predicted molar refractivity (Wildman–Crippen MR) is 130 cm³/mol. The first-order valence-electron chi connectivity index (χ1n) is 10.6. The zero-order valence-corrected chi connectivity index (χ0v) is 20.0. The molecule has 7 nitrogen and oxygen atoms in total. The quantitative estimate of drug-likeness (QED) is 0.398. The predicted octanol–water partition coefficient (Wildman–Crippen LogP) is 4.23. The Hall–Kier alpha value is -3.52. The van der Waals surface area contributed by atoms with Gasteiger partial charge in [0.15, 0.2) is 5.16 Å². The molecule has 0 aliphatic heterocycles. The van der Waals surface area contributed by atoms with Gasteiger partial charge in [0.05, 0.1) is 12.9 Å². The minimum absolute atomic E-state index is 0.0983. The van der Waals surface area contributed by atoms with Crippen molar-refractivity contribution in [3.63, 3.8) is 0 Å². The Morgan fingerprint density at radius 1 is 1.06 bits per heavy atom. The maximum Gasteiger partial charge on any atom is 0.231 e. The van der Waals surface area contributed by atoms with Crippen molar-refractivity contribution in [3.05, 3.63) is 89.8 Å². The van der Waals surface area contributed by atoms with Gasteiger partial charge in [-0.15, -0.1) is 0 Å². The average molecular weight is 462 g/mol. The number of methoxy groups -OCH3 is 1. The van der Waals surface area contributed by atoms with E-state index in [0.29, 0.717) is 0 Å². The van der Waals surface area contributed by atoms with Crippen molar-refractivity contribution in [2.45, 2.75) is 25.0 Å². The molecular weight excluding hydrogens is 434 g/mol. The van der Waals surface area contributed by atoms with Gasteiger partial charge in [-0.3, -0.25) is 9.36 Å². The van der Waals surface area contributed by atoms with Gasteiger partial charge in [-0.25, -0.2) is 9.97 Å². The van der Waals surface area contributed by atoms with Crippen molar-refractivity contribution in [2.24, 2.45) is 7.05 Å². The summed E-state index contributed by atoms with van der Waals surface area (Å²) in [4.78, 5) is 21.9. The number of hydrogen-bond donors (Lipinski definition) is 1. The summed E-state index contributed by atoms with van der Waals surface area (Å²) in [6.45, 7) is 4.15. The van der Waals surface area contributed by atoms with Gasteiger partial charge in [0, 0.05) is 37.5 Å². The zero-order valence-electron chi connectivity index (χ0n) is 19.1. The molecule has 4 rings (SSSR count). The highest BCUT2D eigenvalue weighted by molar-refractivity contribution is 7.99. The molecule has 0 aliphatic carbocycles. The number of carbonyl (C=O) groups excluding carboxylic acids is 1. The van der Waals surface area contributed by atoms with Gasteiger partial charge in [-0.1, -0.05) is 30.0 Å². The van der Waals surface area contributed by atoms with Crippen molar-refractivity contribution in [1.82, 2.24) is 24.4 Å². The normalized spacial score (nSPS) is 11.9. The van der Waals surface area contributed by atoms with Crippen LogP contribution in [0.4, 0.5) is 0 Å². The zero-order chi connectivity index (χ0) is 23.4. The van der Waals surface area contributed by atoms with E-state index < -0.39 is 0 Å². The Morgan fingerprint density at radius 2 is 1.76 bits per heavy atom. The molecule has 1 N–H and O–H groups in total. The van der Waals surface area contributed by atoms with Crippen molar-refractivity contribution >= 4 is 17.7 Å². The van der Waals surface area contributed by atoms with Gasteiger partial charge < -0.3 is 14.6 Å². The van der Waals surface area contributed by atoms with E-state index in [2.05, 4.69) is 47.3 Å². The molecule has 4 aromatic rings. The lowest BCUT2D eigenvalue weighted by atomic mass is 10.1. The molecule has 0 saturated carbocycles. The van der Waals surface area contributed by atoms with Crippen LogP contribution in [-0.2, 0) is 11.8 Å². The van der Waals surface area contributed by atoms with Crippen molar-refractivity contribution in [2.75, 3.05) is 12.9 Å². The second-order valence-corrected chi connectivity index (χ2v) is 8.83. The van der Waals surface area contributed by atoms with Gasteiger partial charge in [-0.2, -0.15) is 0 Å². The molecule has 0 fully saturated rings. The molecule has 0 radical (unpaired) electrons. The van der Waals surface area contributed by atoms with E-state index >= 15 is 0 Å². The molecule has 2 aromatic heterocycles. The first-order chi connectivity index (χ1) is 15.9. The fourth-order valence-electron chi connectivity index (χ4n) is 3.76. The van der Waals surface area contributed by atoms with E-state index in [0.717, 1.165) is 28.0 Å². The number of hydrogen-bond acceptors (Lipinski definition) is 5. The first-order valence-corrected chi connectivity index (χ1v) is 11.6. The number of aromatic nitrogens is 4. The van der Waals surface area contributed by atoms with Crippen LogP contribution in [0.2, 0.25) is 0 Å². The summed E-state index contributed by atoms with van der Waals surface area (Å²) in [6.07, 6.45) is 7.27. The van der Waals surface area contributed by atoms with E-state index in [9.17, 15) is 4.79 Å². The van der Waals surface area contributed by atoms with Crippen molar-refractivity contribution in [3.8, 4) is 11.4 Å². The minimum atomic E-state index is -0.372. The topological polar surface area (TPSA) is 74.0 Å². The second kappa shape index (κ2) is 9.95. The molecule has 8 heteroatoms. The van der Waals surface area contributed by atoms with Crippen LogP contribution in [0.15, 0.2) is 72.4 Å². The second-order valence-electron chi connectivity index (χ2n) is 7.88.